The van der Waals surface area contributed by atoms with Crippen molar-refractivity contribution in [1.29, 1.82) is 0 Å². The Kier molecular flexibility index (Phi) is 8.42. The van der Waals surface area contributed by atoms with Gasteiger partial charge in [-0.1, -0.05) is 42.5 Å². The molecule has 0 atom stereocenters. The molecule has 0 amide bonds. The molecule has 46 heavy (non-hydrogen) atoms. The molecule has 0 fully saturated rings. The average molecular weight is 677 g/mol. The van der Waals surface area contributed by atoms with Crippen molar-refractivity contribution < 1.29 is 43.9 Å². The first kappa shape index (κ1) is 31.4. The summed E-state index contributed by atoms with van der Waals surface area (Å²) in [5, 5.41) is 0.693. The van der Waals surface area contributed by atoms with E-state index in [1.165, 1.54) is 17.4 Å². The molecule has 0 aliphatic carbocycles. The highest BCUT2D eigenvalue weighted by molar-refractivity contribution is 7.31. The summed E-state index contributed by atoms with van der Waals surface area (Å²) in [5.74, 6) is -24.9. The first-order valence-electron chi connectivity index (χ1n) is 13.1. The number of anilines is 3. The Hall–Kier alpha value is -4.56. The van der Waals surface area contributed by atoms with Crippen molar-refractivity contribution >= 4 is 61.5 Å². The zero-order chi connectivity index (χ0) is 32.9. The Morgan fingerprint density at radius 3 is 1.20 bits per heavy atom. The molecule has 6 rings (SSSR count). The summed E-state index contributed by atoms with van der Waals surface area (Å²) in [5.41, 5.74) is -1.96. The summed E-state index contributed by atoms with van der Waals surface area (Å²) in [7, 11) is 0. The van der Waals surface area contributed by atoms with Crippen molar-refractivity contribution in [2.24, 2.45) is 0 Å². The number of thiophene rings is 2. The number of rotatable bonds is 7. The van der Waals surface area contributed by atoms with Gasteiger partial charge in [-0.2, -0.15) is 0 Å². The van der Waals surface area contributed by atoms with E-state index < -0.39 is 80.6 Å². The van der Waals surface area contributed by atoms with E-state index in [1.807, 2.05) is 65.6 Å². The van der Waals surface area contributed by atoms with Crippen molar-refractivity contribution in [1.82, 2.24) is 0 Å². The predicted molar refractivity (Wildman–Crippen MR) is 159 cm³/mol. The smallest absolute Gasteiger partial charge is 0.269 e. The van der Waals surface area contributed by atoms with Crippen LogP contribution in [0.5, 0.6) is 0 Å². The lowest BCUT2D eigenvalue weighted by Gasteiger charge is -2.23. The summed E-state index contributed by atoms with van der Waals surface area (Å²) < 4.78 is 145. The minimum Gasteiger partial charge on any atom is -0.302 e. The normalized spacial score (nSPS) is 11.3. The van der Waals surface area contributed by atoms with Crippen LogP contribution >= 0.6 is 22.7 Å². The maximum Gasteiger partial charge on any atom is 0.269 e. The maximum absolute atomic E-state index is 15.1. The maximum atomic E-state index is 15.1. The van der Waals surface area contributed by atoms with Crippen LogP contribution < -0.4 is 20.6 Å². The van der Waals surface area contributed by atoms with E-state index in [0.717, 1.165) is 17.4 Å². The second kappa shape index (κ2) is 12.3. The highest BCUT2D eigenvalue weighted by atomic mass is 32.1. The summed E-state index contributed by atoms with van der Waals surface area (Å²) in [6, 6.07) is 24.3. The van der Waals surface area contributed by atoms with Gasteiger partial charge in [0.25, 0.3) is 6.71 Å². The molecule has 0 bridgehead atoms. The lowest BCUT2D eigenvalue weighted by Crippen LogP contribution is -2.57. The molecule has 0 unspecified atom stereocenters. The van der Waals surface area contributed by atoms with E-state index in [0.29, 0.717) is 26.1 Å². The van der Waals surface area contributed by atoms with Crippen LogP contribution in [0.15, 0.2) is 84.9 Å². The molecular formula is C32H14BF10NS2. The van der Waals surface area contributed by atoms with Crippen LogP contribution in [0.3, 0.4) is 0 Å². The van der Waals surface area contributed by atoms with Crippen molar-refractivity contribution in [2.75, 3.05) is 4.90 Å². The van der Waals surface area contributed by atoms with Crippen LogP contribution in [-0.2, 0) is 0 Å². The molecule has 6 aromatic rings. The minimum atomic E-state index is -2.61. The van der Waals surface area contributed by atoms with E-state index in [9.17, 15) is 26.3 Å². The Bertz CT molecular complexity index is 1920. The zero-order valence-corrected chi connectivity index (χ0v) is 24.3. The third-order valence-electron chi connectivity index (χ3n) is 7.06. The van der Waals surface area contributed by atoms with Crippen molar-refractivity contribution in [3.63, 3.8) is 0 Å². The molecule has 0 saturated carbocycles. The first-order valence-corrected chi connectivity index (χ1v) is 14.8. The fourth-order valence-electron chi connectivity index (χ4n) is 4.96. The van der Waals surface area contributed by atoms with Gasteiger partial charge in [0.15, 0.2) is 58.2 Å². The molecule has 2 aromatic heterocycles. The van der Waals surface area contributed by atoms with E-state index in [2.05, 4.69) is 0 Å². The number of benzene rings is 4. The number of hydrogen-bond acceptors (Lipinski definition) is 3. The van der Waals surface area contributed by atoms with Gasteiger partial charge in [-0.15, -0.1) is 22.7 Å². The number of hydrogen-bond donors (Lipinski definition) is 0. The Morgan fingerprint density at radius 2 is 0.761 bits per heavy atom. The van der Waals surface area contributed by atoms with Gasteiger partial charge in [0.05, 0.1) is 0 Å². The van der Waals surface area contributed by atoms with E-state index in [4.69, 9.17) is 0 Å². The van der Waals surface area contributed by atoms with Crippen LogP contribution in [0, 0.1) is 58.2 Å². The molecule has 0 N–H and O–H groups in total. The molecule has 1 nitrogen and oxygen atoms in total. The molecule has 0 radical (unpaired) electrons. The summed E-state index contributed by atoms with van der Waals surface area (Å²) in [6.45, 7) is -2.61. The first-order chi connectivity index (χ1) is 22.0. The summed E-state index contributed by atoms with van der Waals surface area (Å²) in [4.78, 5) is 2.75. The minimum absolute atomic E-state index is 0.310. The van der Waals surface area contributed by atoms with Gasteiger partial charge in [-0.05, 0) is 47.2 Å². The van der Waals surface area contributed by atoms with E-state index in [-0.39, 0.29) is 0 Å². The van der Waals surface area contributed by atoms with Crippen LogP contribution in [0.4, 0.5) is 60.3 Å². The van der Waals surface area contributed by atoms with Gasteiger partial charge in [0.1, 0.15) is 5.00 Å². The van der Waals surface area contributed by atoms with Gasteiger partial charge in [0, 0.05) is 32.1 Å². The molecular weight excluding hydrogens is 663 g/mol. The van der Waals surface area contributed by atoms with E-state index >= 15 is 17.6 Å². The Morgan fingerprint density at radius 1 is 0.391 bits per heavy atom. The van der Waals surface area contributed by atoms with Gasteiger partial charge in [0.2, 0.25) is 0 Å². The van der Waals surface area contributed by atoms with Crippen LogP contribution in [0.2, 0.25) is 0 Å². The number of halogens is 10. The largest absolute Gasteiger partial charge is 0.302 e. The SMILES string of the molecule is Fc1c(F)c(F)c(B(c2ccc(-c3ccc(N(c4ccccc4)c4ccccc4)s3)s2)c2c(F)c(F)c(F)c(F)c2F)c(F)c1F. The summed E-state index contributed by atoms with van der Waals surface area (Å²) >= 11 is 1.84. The fourth-order valence-corrected chi connectivity index (χ4v) is 7.22. The third kappa shape index (κ3) is 5.24. The average Bonchev–Trinajstić information content (AvgIpc) is 3.76. The highest BCUT2D eigenvalue weighted by Gasteiger charge is 2.41. The molecule has 2 heterocycles. The van der Waals surface area contributed by atoms with Gasteiger partial charge in [-0.25, -0.2) is 43.9 Å². The standard InChI is InChI=1S/C32H14BF10NS2/c34-23-21(24(35)28(39)31(42)27(23)38)33(22-25(36)29(40)32(43)30(41)26(22)37)19-13-11-17(45-19)18-12-14-20(46-18)44(15-7-3-1-4-8-15)16-9-5-2-6-10-16/h1-14H. The highest BCUT2D eigenvalue weighted by Crippen LogP contribution is 2.42. The van der Waals surface area contributed by atoms with Crippen molar-refractivity contribution in [2.45, 2.75) is 0 Å². The molecule has 14 heteroatoms. The lowest BCUT2D eigenvalue weighted by molar-refractivity contribution is 0.382. The molecule has 0 spiro atoms. The Labute approximate surface area is 262 Å². The molecule has 4 aromatic carbocycles. The second-order valence-corrected chi connectivity index (χ2v) is 11.9. The Balaban J connectivity index is 1.52. The van der Waals surface area contributed by atoms with Crippen LogP contribution in [0.1, 0.15) is 0 Å². The quantitative estimate of drug-likeness (QED) is 0.0707. The zero-order valence-electron chi connectivity index (χ0n) is 22.7. The second-order valence-electron chi connectivity index (χ2n) is 9.75. The van der Waals surface area contributed by atoms with E-state index in [1.54, 1.807) is 12.1 Å². The van der Waals surface area contributed by atoms with Gasteiger partial charge >= 0.3 is 0 Å². The van der Waals surface area contributed by atoms with Gasteiger partial charge in [-0.3, -0.25) is 0 Å². The lowest BCUT2D eigenvalue weighted by atomic mass is 9.39. The molecule has 0 saturated heterocycles. The van der Waals surface area contributed by atoms with Crippen molar-refractivity contribution in [3.8, 4) is 9.75 Å². The fraction of sp³-hybridized carbons (Fsp3) is 0. The topological polar surface area (TPSA) is 3.24 Å². The van der Waals surface area contributed by atoms with Gasteiger partial charge < -0.3 is 4.90 Å². The monoisotopic (exact) mass is 677 g/mol. The third-order valence-corrected chi connectivity index (χ3v) is 9.48. The van der Waals surface area contributed by atoms with Crippen molar-refractivity contribution in [3.05, 3.63) is 143 Å². The summed E-state index contributed by atoms with van der Waals surface area (Å²) in [6.07, 6.45) is 0. The molecule has 0 aliphatic heterocycles. The molecule has 232 valence electrons. The van der Waals surface area contributed by atoms with Crippen LogP contribution in [-0.4, -0.2) is 6.71 Å². The predicted octanol–water partition coefficient (Wildman–Crippen LogP) is 8.85. The number of para-hydroxylation sites is 2. The molecule has 0 aliphatic rings. The van der Waals surface area contributed by atoms with Crippen LogP contribution in [0.25, 0.3) is 9.75 Å². The number of nitrogens with zero attached hydrogens (tertiary/aromatic N) is 1.